The number of aromatic amines is 1. The molecule has 0 aliphatic carbocycles. The van der Waals surface area contributed by atoms with E-state index < -0.39 is 17.9 Å². The number of benzene rings is 1. The van der Waals surface area contributed by atoms with E-state index in [0.29, 0.717) is 10.9 Å². The van der Waals surface area contributed by atoms with Crippen LogP contribution in [0.25, 0.3) is 10.9 Å². The molecule has 7 heteroatoms. The van der Waals surface area contributed by atoms with E-state index in [1.54, 1.807) is 32.2 Å². The fourth-order valence-corrected chi connectivity index (χ4v) is 3.89. The molecular weight excluding hydrogens is 408 g/mol. The number of carbonyl (C=O) groups excluding carboxylic acids is 3. The van der Waals surface area contributed by atoms with Crippen molar-refractivity contribution in [2.75, 3.05) is 13.2 Å². The van der Waals surface area contributed by atoms with Crippen LogP contribution >= 0.6 is 0 Å². The number of amides is 1. The topological polar surface area (TPSA) is 88.7 Å². The Morgan fingerprint density at radius 3 is 1.94 bits per heavy atom. The second-order valence-corrected chi connectivity index (χ2v) is 7.69. The summed E-state index contributed by atoms with van der Waals surface area (Å²) in [6.45, 7) is 15.6. The fourth-order valence-electron chi connectivity index (χ4n) is 3.89. The first-order valence-corrected chi connectivity index (χ1v) is 11.5. The molecule has 1 N–H and O–H groups in total. The predicted molar refractivity (Wildman–Crippen MR) is 126 cm³/mol. The highest BCUT2D eigenvalue weighted by Crippen LogP contribution is 2.31. The molecule has 1 amide bonds. The van der Waals surface area contributed by atoms with Crippen molar-refractivity contribution in [1.82, 2.24) is 9.88 Å². The van der Waals surface area contributed by atoms with E-state index in [-0.39, 0.29) is 37.6 Å². The van der Waals surface area contributed by atoms with Crippen molar-refractivity contribution < 1.29 is 23.9 Å². The molecule has 178 valence electrons. The van der Waals surface area contributed by atoms with Crippen LogP contribution in [0.5, 0.6) is 0 Å². The molecule has 0 spiro atoms. The van der Waals surface area contributed by atoms with Crippen molar-refractivity contribution in [1.29, 1.82) is 0 Å². The molecule has 0 fully saturated rings. The van der Waals surface area contributed by atoms with Gasteiger partial charge in [-0.1, -0.05) is 26.0 Å². The van der Waals surface area contributed by atoms with Gasteiger partial charge in [-0.2, -0.15) is 0 Å². The maximum absolute atomic E-state index is 13.0. The third-order valence-electron chi connectivity index (χ3n) is 4.92. The summed E-state index contributed by atoms with van der Waals surface area (Å²) < 4.78 is 10.3. The van der Waals surface area contributed by atoms with Gasteiger partial charge in [0.2, 0.25) is 5.91 Å². The molecule has 1 aromatic carbocycles. The first-order valence-electron chi connectivity index (χ1n) is 11.5. The van der Waals surface area contributed by atoms with E-state index in [9.17, 15) is 14.4 Å². The van der Waals surface area contributed by atoms with Gasteiger partial charge in [0.1, 0.15) is 0 Å². The van der Waals surface area contributed by atoms with Crippen LogP contribution < -0.4 is 0 Å². The van der Waals surface area contributed by atoms with E-state index in [1.165, 1.54) is 0 Å². The van der Waals surface area contributed by atoms with Crippen LogP contribution in [0.2, 0.25) is 0 Å². The van der Waals surface area contributed by atoms with E-state index in [2.05, 4.69) is 4.98 Å². The summed E-state index contributed by atoms with van der Waals surface area (Å²) in [5, 5.41) is 0.685. The molecule has 2 rings (SSSR count). The largest absolute Gasteiger partial charge is 0.465 e. The zero-order chi connectivity index (χ0) is 24.4. The Bertz CT molecular complexity index is 875. The molecule has 1 heterocycles. The molecule has 0 saturated carbocycles. The average molecular weight is 447 g/mol. The molecular formula is C25H38N2O5. The number of nitrogens with zero attached hydrogens (tertiary/aromatic N) is 1. The maximum Gasteiger partial charge on any atom is 0.324 e. The van der Waals surface area contributed by atoms with Gasteiger partial charge < -0.3 is 19.4 Å². The second-order valence-electron chi connectivity index (χ2n) is 7.69. The Labute approximate surface area is 191 Å². The molecule has 7 nitrogen and oxygen atoms in total. The number of fused-ring (bicyclic) bond motifs is 1. The number of nitrogens with one attached hydrogen (secondary N) is 1. The highest BCUT2D eigenvalue weighted by molar-refractivity contribution is 6.05. The zero-order valence-electron chi connectivity index (χ0n) is 20.7. The summed E-state index contributed by atoms with van der Waals surface area (Å²) in [5.41, 5.74) is 1.96. The van der Waals surface area contributed by atoms with Crippen molar-refractivity contribution in [2.45, 2.75) is 79.8 Å². The van der Waals surface area contributed by atoms with Crippen LogP contribution in [0.3, 0.4) is 0 Å². The highest BCUT2D eigenvalue weighted by Gasteiger charge is 2.34. The van der Waals surface area contributed by atoms with Gasteiger partial charge in [0, 0.05) is 29.2 Å². The summed E-state index contributed by atoms with van der Waals surface area (Å²) in [5.74, 6) is -2.54. The third-order valence-corrected chi connectivity index (χ3v) is 4.92. The van der Waals surface area contributed by atoms with Gasteiger partial charge in [-0.3, -0.25) is 14.4 Å². The van der Waals surface area contributed by atoms with Gasteiger partial charge >= 0.3 is 11.9 Å². The van der Waals surface area contributed by atoms with Gasteiger partial charge in [-0.15, -0.1) is 0 Å². The Balaban J connectivity index is 0.00000249. The molecule has 0 radical (unpaired) electrons. The predicted octanol–water partition coefficient (Wildman–Crippen LogP) is 4.59. The van der Waals surface area contributed by atoms with Crippen LogP contribution in [-0.4, -0.2) is 53.0 Å². The van der Waals surface area contributed by atoms with Gasteiger partial charge in [0.15, 0.2) is 5.92 Å². The summed E-state index contributed by atoms with van der Waals surface area (Å²) in [4.78, 5) is 43.3. The van der Waals surface area contributed by atoms with Crippen LogP contribution in [0.15, 0.2) is 24.4 Å². The lowest BCUT2D eigenvalue weighted by molar-refractivity contribution is -0.156. The standard InChI is InChI=1S/C23H32N2O5.C2H6/c1-7-29-22(27)21(23(28)30-8-2)17-10-9-11-18-20(17)16(13-24-18)12-19(26)25(14(3)4)15(5)6;1-2/h9-11,13-15,21,24H,7-8,12H2,1-6H3;1-2H3. The number of ether oxygens (including phenoxy) is 2. The number of H-pyrrole nitrogens is 1. The van der Waals surface area contributed by atoms with Crippen LogP contribution in [0.1, 0.15) is 72.4 Å². The maximum atomic E-state index is 13.0. The van der Waals surface area contributed by atoms with Crippen molar-refractivity contribution >= 4 is 28.7 Å². The number of hydrogen-bond acceptors (Lipinski definition) is 5. The number of hydrogen-bond donors (Lipinski definition) is 1. The molecule has 0 unspecified atom stereocenters. The van der Waals surface area contributed by atoms with Gasteiger partial charge in [0.05, 0.1) is 19.6 Å². The number of esters is 2. The van der Waals surface area contributed by atoms with Crippen molar-refractivity contribution in [3.05, 3.63) is 35.5 Å². The summed E-state index contributed by atoms with van der Waals surface area (Å²) in [7, 11) is 0. The van der Waals surface area contributed by atoms with Gasteiger partial charge in [-0.05, 0) is 58.7 Å². The lowest BCUT2D eigenvalue weighted by atomic mass is 9.93. The lowest BCUT2D eigenvalue weighted by Crippen LogP contribution is -2.42. The summed E-state index contributed by atoms with van der Waals surface area (Å²) >= 11 is 0. The van der Waals surface area contributed by atoms with E-state index in [0.717, 1.165) is 11.1 Å². The summed E-state index contributed by atoms with van der Waals surface area (Å²) in [6.07, 6.45) is 1.92. The second kappa shape index (κ2) is 12.9. The molecule has 0 saturated heterocycles. The lowest BCUT2D eigenvalue weighted by Gasteiger charge is -2.31. The van der Waals surface area contributed by atoms with E-state index >= 15 is 0 Å². The molecule has 0 aliphatic rings. The van der Waals surface area contributed by atoms with Crippen LogP contribution in [-0.2, 0) is 30.3 Å². The Morgan fingerprint density at radius 2 is 1.47 bits per heavy atom. The minimum Gasteiger partial charge on any atom is -0.465 e. The summed E-state index contributed by atoms with van der Waals surface area (Å²) in [6, 6.07) is 5.46. The normalized spacial score (nSPS) is 10.8. The van der Waals surface area contributed by atoms with Crippen LogP contribution in [0, 0.1) is 0 Å². The molecule has 32 heavy (non-hydrogen) atoms. The molecule has 0 aliphatic heterocycles. The number of carbonyl (C=O) groups is 3. The minimum atomic E-state index is -1.20. The van der Waals surface area contributed by atoms with Crippen molar-refractivity contribution in [2.24, 2.45) is 0 Å². The smallest absolute Gasteiger partial charge is 0.324 e. The van der Waals surface area contributed by atoms with Crippen molar-refractivity contribution in [3.8, 4) is 0 Å². The molecule has 0 bridgehead atoms. The zero-order valence-corrected chi connectivity index (χ0v) is 20.7. The molecule has 1 aromatic heterocycles. The third kappa shape index (κ3) is 6.34. The minimum absolute atomic E-state index is 0.0143. The Hall–Kier alpha value is -2.83. The SMILES string of the molecule is CC.CCOC(=O)C(C(=O)OCC)c1cccc2[nH]cc(CC(=O)N(C(C)C)C(C)C)c12. The quantitative estimate of drug-likeness (QED) is 0.449. The van der Waals surface area contributed by atoms with E-state index in [1.807, 2.05) is 52.5 Å². The molecule has 2 aromatic rings. The fraction of sp³-hybridized carbons (Fsp3) is 0.560. The van der Waals surface area contributed by atoms with Gasteiger partial charge in [0.25, 0.3) is 0 Å². The average Bonchev–Trinajstić information content (AvgIpc) is 3.13. The molecule has 0 atom stereocenters. The first kappa shape index (κ1) is 27.2. The monoisotopic (exact) mass is 446 g/mol. The number of aromatic nitrogens is 1. The van der Waals surface area contributed by atoms with Gasteiger partial charge in [-0.25, -0.2) is 0 Å². The Kier molecular flexibility index (Phi) is 11.0. The van der Waals surface area contributed by atoms with E-state index in [4.69, 9.17) is 9.47 Å². The number of rotatable bonds is 9. The first-order chi connectivity index (χ1) is 15.2. The van der Waals surface area contributed by atoms with Crippen molar-refractivity contribution in [3.63, 3.8) is 0 Å². The highest BCUT2D eigenvalue weighted by atomic mass is 16.6. The Morgan fingerprint density at radius 1 is 0.938 bits per heavy atom. The van der Waals surface area contributed by atoms with Crippen LogP contribution in [0.4, 0.5) is 0 Å².